The number of pyridine rings is 1. The van der Waals surface area contributed by atoms with Crippen LogP contribution in [-0.2, 0) is 0 Å². The molecule has 0 amide bonds. The van der Waals surface area contributed by atoms with Gasteiger partial charge in [0.05, 0.1) is 65.0 Å². The van der Waals surface area contributed by atoms with Gasteiger partial charge in [-0.25, -0.2) is 4.98 Å². The fraction of sp³-hybridized carbons (Fsp3) is 0.0400. The van der Waals surface area contributed by atoms with Crippen molar-refractivity contribution in [3.63, 3.8) is 0 Å². The van der Waals surface area contributed by atoms with Gasteiger partial charge in [0.2, 0.25) is 0 Å². The van der Waals surface area contributed by atoms with Crippen LogP contribution in [0, 0.1) is 26.9 Å². The van der Waals surface area contributed by atoms with E-state index in [1.54, 1.807) is 59.2 Å². The molecule has 80 heavy (non-hydrogen) atoms. The number of para-hydroxylation sites is 2. The first-order chi connectivity index (χ1) is 52.6. The van der Waals surface area contributed by atoms with Gasteiger partial charge in [0.15, 0.2) is 0 Å². The molecular weight excluding hydrogens is 973 g/mol. The van der Waals surface area contributed by atoms with Gasteiger partial charge in [-0.3, -0.25) is 13.7 Å². The Kier molecular flexibility index (Phi) is 6.31. The van der Waals surface area contributed by atoms with Gasteiger partial charge in [-0.1, -0.05) is 194 Å². The molecular formula is C75H54N4O. The lowest BCUT2D eigenvalue weighted by Crippen LogP contribution is -2.31. The monoisotopic (exact) mass is 1060 g/mol. The third-order valence-electron chi connectivity index (χ3n) is 13.4. The van der Waals surface area contributed by atoms with Crippen LogP contribution in [-0.4, -0.2) is 14.1 Å². The number of ether oxygens (including phenoxy) is 1. The van der Waals surface area contributed by atoms with Crippen molar-refractivity contribution in [3.05, 3.63) is 296 Å². The van der Waals surface area contributed by atoms with E-state index in [9.17, 15) is 12.3 Å². The molecule has 0 radical (unpaired) electrons. The first-order valence-electron chi connectivity index (χ1n) is 40.6. The van der Waals surface area contributed by atoms with Crippen LogP contribution >= 0.6 is 0 Å². The number of aromatic nitrogens is 4. The molecule has 11 aromatic carbocycles. The molecule has 0 aliphatic heterocycles. The quantitative estimate of drug-likeness (QED) is 0.0956. The molecule has 3 heterocycles. The summed E-state index contributed by atoms with van der Waals surface area (Å²) in [5.74, 6) is 0.306. The average molecular weight is 1060 g/mol. The van der Waals surface area contributed by atoms with E-state index in [0.717, 1.165) is 6.20 Å². The summed E-state index contributed by atoms with van der Waals surface area (Å²) in [5.41, 5.74) is -6.12. The van der Waals surface area contributed by atoms with E-state index < -0.39 is 193 Å². The Bertz CT molecular complexity index is 6190. The lowest BCUT2D eigenvalue weighted by atomic mass is 9.90. The lowest BCUT2D eigenvalue weighted by molar-refractivity contribution is -0.571. The minimum absolute atomic E-state index is 0.000297. The van der Waals surface area contributed by atoms with Gasteiger partial charge in [-0.15, -0.1) is 0 Å². The molecule has 5 heteroatoms. The number of hydrogen-bond donors (Lipinski definition) is 0. The van der Waals surface area contributed by atoms with Gasteiger partial charge >= 0.3 is 0 Å². The van der Waals surface area contributed by atoms with Crippen molar-refractivity contribution < 1.29 is 53.2 Å². The Morgan fingerprint density at radius 2 is 1.04 bits per heavy atom. The number of fused-ring (bicyclic) bond motifs is 4. The Hall–Kier alpha value is -10.4. The van der Waals surface area contributed by atoms with Crippen molar-refractivity contribution in [1.82, 2.24) is 14.1 Å². The van der Waals surface area contributed by atoms with Crippen LogP contribution in [0.5, 0.6) is 11.5 Å². The van der Waals surface area contributed by atoms with Crippen LogP contribution in [0.4, 0.5) is 0 Å². The Balaban J connectivity index is 1.06. The molecule has 0 aliphatic carbocycles. The molecule has 0 atom stereocenters. The summed E-state index contributed by atoms with van der Waals surface area (Å²) >= 11 is 0. The van der Waals surface area contributed by atoms with E-state index in [4.69, 9.17) is 36.3 Å². The van der Waals surface area contributed by atoms with Crippen molar-refractivity contribution >= 4 is 32.8 Å². The zero-order valence-electron chi connectivity index (χ0n) is 73.4. The summed E-state index contributed by atoms with van der Waals surface area (Å²) in [7, 11) is 0. The fourth-order valence-corrected chi connectivity index (χ4v) is 9.89. The SMILES string of the molecule is [2H]c1c([2H])c([2H])c(-c2cnc(-n3c4ccccc4c4ccc(Oc5cccc(-n6[c-][n+](-c7c(-c8c([2H])c([2H])c([2H])c([2H])c8[2H])cccc7-c7c([2H])c(-c8c([2H])c([2H])c([2H])c([2H])c8[2H])c([2H])c(-c8c([2H])c([2H])c([2H])c([2H])c8[2H])c7[2H])c7ccc(-c8c(C([2H])([2H])[2H])cccc8C([2H])([2H])[2H])cc76)c5)cc43)cc2C([2H])([2H])[2H])c([2H])c1[2H]. The number of imidazole rings is 1. The summed E-state index contributed by atoms with van der Waals surface area (Å²) in [4.78, 5) is 4.68. The number of benzene rings is 11. The highest BCUT2D eigenvalue weighted by Gasteiger charge is 2.23. The van der Waals surface area contributed by atoms with Crippen LogP contribution in [0.15, 0.2) is 273 Å². The van der Waals surface area contributed by atoms with Crippen molar-refractivity contribution in [1.29, 1.82) is 0 Å². The van der Waals surface area contributed by atoms with Crippen molar-refractivity contribution in [2.24, 2.45) is 0 Å². The molecule has 0 fully saturated rings. The minimum Gasteiger partial charge on any atom is -0.458 e. The summed E-state index contributed by atoms with van der Waals surface area (Å²) in [6, 6.07) is 12.0. The second-order valence-electron chi connectivity index (χ2n) is 18.1. The average Bonchev–Trinajstić information content (AvgIpc) is 1.16. The molecule has 0 bridgehead atoms. The maximum atomic E-state index is 10.3. The second-order valence-corrected chi connectivity index (χ2v) is 18.1. The maximum Gasteiger partial charge on any atom is 0.269 e. The zero-order chi connectivity index (χ0) is 81.2. The van der Waals surface area contributed by atoms with Crippen molar-refractivity contribution in [2.45, 2.75) is 20.6 Å². The van der Waals surface area contributed by atoms with Crippen LogP contribution < -0.4 is 9.30 Å². The highest BCUT2D eigenvalue weighted by molar-refractivity contribution is 6.09. The fourth-order valence-electron chi connectivity index (χ4n) is 9.89. The number of nitrogens with zero attached hydrogens (tertiary/aromatic N) is 4. The van der Waals surface area contributed by atoms with Crippen molar-refractivity contribution in [3.8, 4) is 95.5 Å². The van der Waals surface area contributed by atoms with E-state index in [2.05, 4.69) is 11.3 Å². The first-order valence-corrected chi connectivity index (χ1v) is 24.6. The van der Waals surface area contributed by atoms with Gasteiger partial charge in [-0.05, 0) is 165 Å². The largest absolute Gasteiger partial charge is 0.458 e. The predicted molar refractivity (Wildman–Crippen MR) is 329 cm³/mol. The molecule has 0 N–H and O–H groups in total. The van der Waals surface area contributed by atoms with E-state index in [-0.39, 0.29) is 89.8 Å². The minimum atomic E-state index is -2.95. The maximum absolute atomic E-state index is 10.3. The molecule has 14 aromatic rings. The van der Waals surface area contributed by atoms with Crippen LogP contribution in [0.1, 0.15) is 60.6 Å². The van der Waals surface area contributed by atoms with Crippen molar-refractivity contribution in [2.75, 3.05) is 0 Å². The van der Waals surface area contributed by atoms with Crippen LogP contribution in [0.25, 0.3) is 117 Å². The highest BCUT2D eigenvalue weighted by atomic mass is 16.5. The van der Waals surface area contributed by atoms with E-state index in [1.807, 2.05) is 6.07 Å². The predicted octanol–water partition coefficient (Wildman–Crippen LogP) is 18.9. The standard InChI is InChI=1S/C75H54N4O/c1-50-21-18-22-51(2)74(50)57-37-40-70-72(45-57)77(49-78(70)75-64(55-27-12-6-13-28-55)34-20-35-65(75)60-43-58(53-23-8-4-9-24-53)42-59(44-60)54-25-10-5-11-26-54)61-31-19-32-62(46-61)80-63-38-39-67-66-33-16-17-36-69(66)79(71(67)47-63)73-41-52(3)68(48-76-73)56-29-14-7-15-30-56/h4-48H,1-3H3/i1D3,2D3,3D3,4D,5D,6D,7D,8D,9D,10D,11D,12D,13D,14D,15D,23D,24D,25D,26D,27D,28D,29D,30D,42D,43D,44D. The zero-order valence-corrected chi connectivity index (χ0v) is 41.4. The number of hydrogen-bond acceptors (Lipinski definition) is 2. The second kappa shape index (κ2) is 20.2. The molecule has 0 saturated carbocycles. The third kappa shape index (κ3) is 8.72. The number of rotatable bonds is 11. The summed E-state index contributed by atoms with van der Waals surface area (Å²) < 4.78 is 297. The molecule has 0 spiro atoms. The molecule has 0 aliphatic rings. The Labute approximate surface area is 511 Å². The van der Waals surface area contributed by atoms with Gasteiger partial charge < -0.3 is 4.74 Å². The smallest absolute Gasteiger partial charge is 0.269 e. The molecule has 0 unspecified atom stereocenters. The molecule has 380 valence electrons. The van der Waals surface area contributed by atoms with Crippen LogP contribution in [0.2, 0.25) is 0 Å². The van der Waals surface area contributed by atoms with E-state index in [1.165, 1.54) is 75.9 Å². The summed E-state index contributed by atoms with van der Waals surface area (Å²) in [5, 5.41) is 1.31. The summed E-state index contributed by atoms with van der Waals surface area (Å²) in [6.45, 7) is -8.83. The van der Waals surface area contributed by atoms with Crippen LogP contribution in [0.3, 0.4) is 0 Å². The van der Waals surface area contributed by atoms with Gasteiger partial charge in [-0.2, -0.15) is 0 Å². The van der Waals surface area contributed by atoms with Gasteiger partial charge in [0, 0.05) is 40.9 Å². The Morgan fingerprint density at radius 3 is 1.73 bits per heavy atom. The molecule has 5 nitrogen and oxygen atoms in total. The normalized spacial score (nSPS) is 17.6. The summed E-state index contributed by atoms with van der Waals surface area (Å²) in [6.07, 6.45) is 4.44. The third-order valence-corrected chi connectivity index (χ3v) is 13.4. The molecule has 14 rings (SSSR count). The lowest BCUT2D eigenvalue weighted by Gasteiger charge is -2.19. The Morgan fingerprint density at radius 1 is 0.450 bits per heavy atom. The van der Waals surface area contributed by atoms with E-state index >= 15 is 0 Å². The number of aryl methyl sites for hydroxylation is 3. The highest BCUT2D eigenvalue weighted by Crippen LogP contribution is 2.41. The molecule has 0 saturated heterocycles. The first kappa shape index (κ1) is 25.0. The van der Waals surface area contributed by atoms with E-state index in [0.29, 0.717) is 21.8 Å². The molecule has 3 aromatic heterocycles. The van der Waals surface area contributed by atoms with Gasteiger partial charge in [0.1, 0.15) is 17.3 Å². The van der Waals surface area contributed by atoms with Gasteiger partial charge in [0.25, 0.3) is 6.33 Å². The topological polar surface area (TPSA) is 35.9 Å².